The van der Waals surface area contributed by atoms with Crippen molar-refractivity contribution in [2.24, 2.45) is 20.2 Å². The predicted octanol–water partition coefficient (Wildman–Crippen LogP) is 2.43. The van der Waals surface area contributed by atoms with Gasteiger partial charge in [-0.2, -0.15) is 11.2 Å². The Hall–Kier alpha value is -0.393. The molecule has 0 atom stereocenters. The van der Waals surface area contributed by atoms with E-state index in [1.807, 2.05) is 13.8 Å². The molecule has 0 aliphatic carbocycles. The number of rotatable bonds is 2. The molecule has 0 saturated carbocycles. The molecule has 0 aromatic carbocycles. The van der Waals surface area contributed by atoms with Crippen molar-refractivity contribution in [2.45, 2.75) is 39.5 Å². The average Bonchev–Trinajstić information content (AvgIpc) is 3.12. The fraction of sp³-hybridized carbons (Fsp3) is 0.615. The van der Waals surface area contributed by atoms with E-state index in [4.69, 9.17) is 20.4 Å². The van der Waals surface area contributed by atoms with Crippen molar-refractivity contribution in [1.82, 2.24) is 15.2 Å². The van der Waals surface area contributed by atoms with E-state index in [-0.39, 0.29) is 33.3 Å². The summed E-state index contributed by atoms with van der Waals surface area (Å²) in [6, 6.07) is 0.705. The van der Waals surface area contributed by atoms with Gasteiger partial charge in [0.05, 0.1) is 0 Å². The van der Waals surface area contributed by atoms with Gasteiger partial charge in [-0.05, 0) is 12.8 Å². The normalized spacial score (nSPS) is 13.4. The Morgan fingerprint density at radius 2 is 1.40 bits per heavy atom. The van der Waals surface area contributed by atoms with E-state index in [0.717, 1.165) is 37.4 Å². The van der Waals surface area contributed by atoms with E-state index in [9.17, 15) is 0 Å². The molecule has 2 heterocycles. The summed E-state index contributed by atoms with van der Waals surface area (Å²) in [7, 11) is 13.7. The standard InChI is InChI=1S/C13H19N7.3ClH.2Ni.5H2O/c1-10-12(18-20-13-16-9-17-19-13)11(2)15-8-6-4-3-5-7-14-10;;;;;;;;;;/h9H,3-8H2,1-2H3;3*1H;;;5*1H2/q-2;;;;+1;+2;;;;;/p-6. The van der Waals surface area contributed by atoms with Crippen LogP contribution in [0.1, 0.15) is 39.5 Å². The SMILES string of the molecule is CC1=NCCCCCCN=C(C)[C-]1N=Nc1nc[n-]n1.O.O.[Cl][Ni].[Cl][Ni][Cl].[OH-].[OH-].[OH-]. The van der Waals surface area contributed by atoms with Crippen molar-refractivity contribution < 1.29 is 54.6 Å². The van der Waals surface area contributed by atoms with Crippen molar-refractivity contribution in [3.8, 4) is 0 Å². The molecule has 1 aliphatic rings. The molecule has 189 valence electrons. The van der Waals surface area contributed by atoms with Crippen molar-refractivity contribution in [3.05, 3.63) is 12.4 Å². The third-order valence-corrected chi connectivity index (χ3v) is 3.06. The first-order chi connectivity index (χ1) is 12.2. The van der Waals surface area contributed by atoms with Gasteiger partial charge >= 0.3 is 57.8 Å². The molecule has 2 rings (SSSR count). The maximum Gasteiger partial charge on any atom is -0.870 e. The number of aromatic nitrogens is 3. The van der Waals surface area contributed by atoms with Crippen LogP contribution < -0.4 is 5.10 Å². The van der Waals surface area contributed by atoms with Gasteiger partial charge in [0.15, 0.2) is 5.95 Å². The number of nitrogens with zero attached hydrogens (tertiary/aromatic N) is 7. The predicted molar refractivity (Wildman–Crippen MR) is 108 cm³/mol. The molecule has 7 N–H and O–H groups in total. The Morgan fingerprint density at radius 1 is 0.967 bits per heavy atom. The Labute approximate surface area is 202 Å². The summed E-state index contributed by atoms with van der Waals surface area (Å²) in [5.41, 5.74) is 1.72. The van der Waals surface area contributed by atoms with Gasteiger partial charge < -0.3 is 52.6 Å². The summed E-state index contributed by atoms with van der Waals surface area (Å²) in [6.45, 7) is 5.53. The van der Waals surface area contributed by atoms with Gasteiger partial charge in [-0.3, -0.25) is 0 Å². The second kappa shape index (κ2) is 30.8. The average molecular weight is 584 g/mol. The van der Waals surface area contributed by atoms with Gasteiger partial charge in [0.25, 0.3) is 0 Å². The van der Waals surface area contributed by atoms with E-state index in [1.165, 1.54) is 19.2 Å². The minimum Gasteiger partial charge on any atom is -0.870 e. The summed E-state index contributed by atoms with van der Waals surface area (Å²) >= 11 is 3.92. The third kappa shape index (κ3) is 20.9. The smallest absolute Gasteiger partial charge is 0.870 e. The van der Waals surface area contributed by atoms with Crippen LogP contribution in [0.2, 0.25) is 0 Å². The fourth-order valence-corrected chi connectivity index (χ4v) is 1.95. The topological polar surface area (TPSA) is 242 Å². The molecular formula is C13H26Cl3N7Ni2O5-5. The van der Waals surface area contributed by atoms with Crippen LogP contribution in [0.4, 0.5) is 5.95 Å². The second-order valence-electron chi connectivity index (χ2n) is 4.70. The van der Waals surface area contributed by atoms with E-state index < -0.39 is 0 Å². The Morgan fingerprint density at radius 3 is 1.77 bits per heavy atom. The molecular weight excluding hydrogens is 558 g/mol. The van der Waals surface area contributed by atoms with Crippen LogP contribution in [-0.2, 0) is 27.2 Å². The van der Waals surface area contributed by atoms with Gasteiger partial charge in [0.2, 0.25) is 0 Å². The van der Waals surface area contributed by atoms with Gasteiger partial charge in [-0.1, -0.05) is 44.4 Å². The fourth-order valence-electron chi connectivity index (χ4n) is 1.95. The zero-order valence-corrected chi connectivity index (χ0v) is 20.3. The van der Waals surface area contributed by atoms with Gasteiger partial charge in [0.1, 0.15) is 0 Å². The molecule has 0 unspecified atom stereocenters. The van der Waals surface area contributed by atoms with Crippen LogP contribution in [0.5, 0.6) is 0 Å². The first kappa shape index (κ1) is 43.5. The largest absolute Gasteiger partial charge is 0.870 e. The quantitative estimate of drug-likeness (QED) is 0.287. The van der Waals surface area contributed by atoms with Crippen LogP contribution >= 0.6 is 30.6 Å². The van der Waals surface area contributed by atoms with Gasteiger partial charge in [-0.15, -0.1) is 0 Å². The van der Waals surface area contributed by atoms with Gasteiger partial charge in [0, 0.05) is 13.1 Å². The molecule has 0 bridgehead atoms. The number of hydrogen-bond acceptors (Lipinski definition) is 9. The third-order valence-electron chi connectivity index (χ3n) is 3.06. The Kier molecular flexibility index (Phi) is 44.6. The number of hydrogen-bond donors (Lipinski definition) is 0. The molecule has 30 heavy (non-hydrogen) atoms. The van der Waals surface area contributed by atoms with Crippen molar-refractivity contribution >= 4 is 48.0 Å². The van der Waals surface area contributed by atoms with Crippen LogP contribution in [0.25, 0.3) is 0 Å². The molecule has 0 fully saturated rings. The molecule has 1 aromatic heterocycles. The summed E-state index contributed by atoms with van der Waals surface area (Å²) < 4.78 is 0. The van der Waals surface area contributed by atoms with Crippen molar-refractivity contribution in [2.75, 3.05) is 13.1 Å². The maximum absolute atomic E-state index is 4.70. The van der Waals surface area contributed by atoms with Crippen LogP contribution in [0.3, 0.4) is 0 Å². The summed E-state index contributed by atoms with van der Waals surface area (Å²) in [6.07, 6.45) is 5.97. The van der Waals surface area contributed by atoms with E-state index >= 15 is 0 Å². The van der Waals surface area contributed by atoms with Crippen LogP contribution in [-0.4, -0.2) is 62.0 Å². The van der Waals surface area contributed by atoms with Crippen molar-refractivity contribution in [1.29, 1.82) is 0 Å². The van der Waals surface area contributed by atoms with Gasteiger partial charge in [-0.25, -0.2) is 5.10 Å². The molecule has 0 amide bonds. The van der Waals surface area contributed by atoms with Crippen LogP contribution in [0, 0.1) is 6.04 Å². The molecule has 0 spiro atoms. The Bertz CT molecular complexity index is 519. The number of azo groups is 1. The first-order valence-corrected chi connectivity index (χ1v) is 11.3. The van der Waals surface area contributed by atoms with E-state index in [1.54, 1.807) is 0 Å². The summed E-state index contributed by atoms with van der Waals surface area (Å²) in [4.78, 5) is 13.0. The molecule has 0 saturated heterocycles. The van der Waals surface area contributed by atoms with Crippen LogP contribution in [0.15, 0.2) is 26.5 Å². The summed E-state index contributed by atoms with van der Waals surface area (Å²) in [5.74, 6) is 0.257. The van der Waals surface area contributed by atoms with E-state index in [0.29, 0.717) is 18.7 Å². The van der Waals surface area contributed by atoms with Crippen molar-refractivity contribution in [3.63, 3.8) is 0 Å². The maximum atomic E-state index is 4.70. The monoisotopic (exact) mass is 581 g/mol. The van der Waals surface area contributed by atoms with E-state index in [2.05, 4.69) is 60.2 Å². The minimum atomic E-state index is 0. The molecule has 1 aromatic rings. The minimum absolute atomic E-state index is 0. The zero-order chi connectivity index (χ0) is 18.9. The zero-order valence-electron chi connectivity index (χ0n) is 16.1. The molecule has 17 heteroatoms. The molecule has 1 aliphatic heterocycles. The number of aliphatic imine (C=N–C) groups is 2. The molecule has 0 radical (unpaired) electrons. The summed E-state index contributed by atoms with van der Waals surface area (Å²) in [5, 5.41) is 15.5. The second-order valence-corrected chi connectivity index (χ2v) is 6.33. The Balaban J connectivity index is -0.000000133. The first-order valence-electron chi connectivity index (χ1n) is 7.25. The number of halogens is 3. The molecule has 12 nitrogen and oxygen atoms in total.